The maximum absolute atomic E-state index is 13.0. The topological polar surface area (TPSA) is 63.8 Å². The number of nitrogens with one attached hydrogen (secondary N) is 1. The molecule has 3 N–H and O–H groups in total. The molecule has 0 unspecified atom stereocenters. The monoisotopic (exact) mass is 262 g/mol. The molecule has 0 saturated heterocycles. The quantitative estimate of drug-likeness (QED) is 0.831. The number of aromatic nitrogens is 2. The molecule has 18 heavy (non-hydrogen) atoms. The lowest BCUT2D eigenvalue weighted by atomic mass is 10.3. The van der Waals surface area contributed by atoms with Crippen LogP contribution in [0.4, 0.5) is 16.0 Å². The van der Waals surface area contributed by atoms with Crippen LogP contribution in [0.5, 0.6) is 0 Å². The van der Waals surface area contributed by atoms with E-state index >= 15 is 0 Å². The zero-order valence-electron chi connectivity index (χ0n) is 9.64. The number of nitrogens with two attached hydrogens (primary N) is 1. The zero-order valence-corrected chi connectivity index (χ0v) is 10.5. The van der Waals surface area contributed by atoms with E-state index in [4.69, 9.17) is 18.0 Å². The van der Waals surface area contributed by atoms with E-state index in [1.807, 2.05) is 0 Å². The molecule has 0 aliphatic heterocycles. The van der Waals surface area contributed by atoms with Crippen LogP contribution >= 0.6 is 12.2 Å². The van der Waals surface area contributed by atoms with Crippen molar-refractivity contribution in [3.8, 4) is 0 Å². The van der Waals surface area contributed by atoms with Crippen molar-refractivity contribution in [3.63, 3.8) is 0 Å². The zero-order chi connectivity index (χ0) is 13.1. The van der Waals surface area contributed by atoms with Crippen molar-refractivity contribution >= 4 is 28.8 Å². The summed E-state index contributed by atoms with van der Waals surface area (Å²) in [5.41, 5.74) is 7.30. The maximum Gasteiger partial charge on any atom is 0.228 e. The molecular formula is C12H11FN4S. The Morgan fingerprint density at radius 3 is 2.78 bits per heavy atom. The molecule has 92 valence electrons. The fraction of sp³-hybridized carbons (Fsp3) is 0.0833. The lowest BCUT2D eigenvalue weighted by Crippen LogP contribution is -2.13. The third-order valence-electron chi connectivity index (χ3n) is 2.19. The Bertz CT molecular complexity index is 600. The van der Waals surface area contributed by atoms with Crippen LogP contribution in [0.25, 0.3) is 0 Å². The Kier molecular flexibility index (Phi) is 3.47. The molecule has 6 heteroatoms. The Labute approximate surface area is 109 Å². The molecule has 2 aromatic rings. The molecule has 0 spiro atoms. The van der Waals surface area contributed by atoms with E-state index in [2.05, 4.69) is 15.3 Å². The third-order valence-corrected chi connectivity index (χ3v) is 2.40. The summed E-state index contributed by atoms with van der Waals surface area (Å²) in [5, 5.41) is 2.90. The number of benzene rings is 1. The summed E-state index contributed by atoms with van der Waals surface area (Å²) in [7, 11) is 0. The van der Waals surface area contributed by atoms with Gasteiger partial charge in [0.05, 0.1) is 0 Å². The number of aryl methyl sites for hydroxylation is 1. The van der Waals surface area contributed by atoms with Gasteiger partial charge in [-0.05, 0) is 31.2 Å². The lowest BCUT2D eigenvalue weighted by Gasteiger charge is -2.07. The molecule has 0 amide bonds. The van der Waals surface area contributed by atoms with Gasteiger partial charge in [-0.3, -0.25) is 0 Å². The van der Waals surface area contributed by atoms with E-state index in [0.29, 0.717) is 17.3 Å². The smallest absolute Gasteiger partial charge is 0.228 e. The van der Waals surface area contributed by atoms with Crippen molar-refractivity contribution in [3.05, 3.63) is 47.5 Å². The summed E-state index contributed by atoms with van der Waals surface area (Å²) in [5.74, 6) is 0.00521. The van der Waals surface area contributed by atoms with Crippen LogP contribution in [-0.4, -0.2) is 15.0 Å². The van der Waals surface area contributed by atoms with Gasteiger partial charge in [0.2, 0.25) is 5.95 Å². The highest BCUT2D eigenvalue weighted by Gasteiger charge is 2.05. The summed E-state index contributed by atoms with van der Waals surface area (Å²) in [4.78, 5) is 8.53. The Morgan fingerprint density at radius 2 is 2.11 bits per heavy atom. The van der Waals surface area contributed by atoms with Gasteiger partial charge in [0, 0.05) is 11.4 Å². The first-order valence-electron chi connectivity index (χ1n) is 5.22. The molecule has 0 bridgehead atoms. The number of anilines is 2. The van der Waals surface area contributed by atoms with Crippen molar-refractivity contribution in [1.82, 2.24) is 9.97 Å². The number of nitrogens with zero attached hydrogens (tertiary/aromatic N) is 2. The Hall–Kier alpha value is -2.08. The first kappa shape index (κ1) is 12.4. The molecule has 4 nitrogen and oxygen atoms in total. The van der Waals surface area contributed by atoms with Gasteiger partial charge < -0.3 is 11.1 Å². The third kappa shape index (κ3) is 2.98. The summed E-state index contributed by atoms with van der Waals surface area (Å²) < 4.78 is 13.0. The molecule has 0 radical (unpaired) electrons. The first-order valence-corrected chi connectivity index (χ1v) is 5.63. The molecule has 0 saturated carbocycles. The van der Waals surface area contributed by atoms with E-state index in [9.17, 15) is 4.39 Å². The molecule has 0 atom stereocenters. The second-order valence-electron chi connectivity index (χ2n) is 3.72. The van der Waals surface area contributed by atoms with Crippen molar-refractivity contribution in [2.75, 3.05) is 5.32 Å². The van der Waals surface area contributed by atoms with E-state index in [1.165, 1.54) is 12.1 Å². The lowest BCUT2D eigenvalue weighted by molar-refractivity contribution is 0.628. The first-order chi connectivity index (χ1) is 8.54. The predicted molar refractivity (Wildman–Crippen MR) is 72.3 cm³/mol. The molecular weight excluding hydrogens is 251 g/mol. The maximum atomic E-state index is 13.0. The summed E-state index contributed by atoms with van der Waals surface area (Å²) in [6, 6.07) is 7.73. The van der Waals surface area contributed by atoms with Gasteiger partial charge in [-0.15, -0.1) is 0 Å². The second-order valence-corrected chi connectivity index (χ2v) is 4.16. The molecule has 2 rings (SSSR count). The van der Waals surface area contributed by atoms with E-state index < -0.39 is 0 Å². The van der Waals surface area contributed by atoms with Gasteiger partial charge in [-0.25, -0.2) is 14.4 Å². The number of hydrogen-bond donors (Lipinski definition) is 2. The van der Waals surface area contributed by atoms with Gasteiger partial charge in [-0.1, -0.05) is 18.3 Å². The van der Waals surface area contributed by atoms with Crippen LogP contribution in [0.3, 0.4) is 0 Å². The fourth-order valence-electron chi connectivity index (χ4n) is 1.45. The minimum Gasteiger partial charge on any atom is -0.388 e. The van der Waals surface area contributed by atoms with Gasteiger partial charge >= 0.3 is 0 Å². The molecule has 1 aromatic heterocycles. The van der Waals surface area contributed by atoms with Gasteiger partial charge in [0.15, 0.2) is 0 Å². The van der Waals surface area contributed by atoms with Crippen molar-refractivity contribution in [1.29, 1.82) is 0 Å². The normalized spacial score (nSPS) is 10.1. The van der Waals surface area contributed by atoms with E-state index in [1.54, 1.807) is 25.1 Å². The standard InChI is InChI=1S/C12H11FN4S/c1-7-5-10(11(14)18)17-12(15-7)16-9-4-2-3-8(13)6-9/h2-6H,1H3,(H2,14,18)(H,15,16,17). The highest BCUT2D eigenvalue weighted by atomic mass is 32.1. The van der Waals surface area contributed by atoms with Crippen molar-refractivity contribution in [2.45, 2.75) is 6.92 Å². The molecule has 0 aliphatic rings. The molecule has 0 fully saturated rings. The minimum absolute atomic E-state index is 0.197. The number of thiocarbonyl (C=S) groups is 1. The summed E-state index contributed by atoms with van der Waals surface area (Å²) in [6.45, 7) is 1.81. The second kappa shape index (κ2) is 5.05. The Morgan fingerprint density at radius 1 is 1.33 bits per heavy atom. The molecule has 1 aromatic carbocycles. The number of rotatable bonds is 3. The fourth-order valence-corrected chi connectivity index (χ4v) is 1.55. The van der Waals surface area contributed by atoms with Crippen LogP contribution in [0.1, 0.15) is 11.4 Å². The van der Waals surface area contributed by atoms with Crippen LogP contribution < -0.4 is 11.1 Å². The van der Waals surface area contributed by atoms with Gasteiger partial charge in [0.1, 0.15) is 16.5 Å². The number of halogens is 1. The summed E-state index contributed by atoms with van der Waals surface area (Å²) >= 11 is 4.87. The van der Waals surface area contributed by atoms with E-state index in [0.717, 1.165) is 5.69 Å². The highest BCUT2D eigenvalue weighted by Crippen LogP contribution is 2.14. The largest absolute Gasteiger partial charge is 0.388 e. The van der Waals surface area contributed by atoms with Crippen molar-refractivity contribution in [2.24, 2.45) is 5.73 Å². The average Bonchev–Trinajstić information content (AvgIpc) is 2.28. The Balaban J connectivity index is 2.31. The van der Waals surface area contributed by atoms with Gasteiger partial charge in [0.25, 0.3) is 0 Å². The van der Waals surface area contributed by atoms with Crippen LogP contribution in [0.2, 0.25) is 0 Å². The minimum atomic E-state index is -0.331. The summed E-state index contributed by atoms with van der Waals surface area (Å²) in [6.07, 6.45) is 0. The van der Waals surface area contributed by atoms with Crippen LogP contribution in [0.15, 0.2) is 30.3 Å². The predicted octanol–water partition coefficient (Wildman–Crippen LogP) is 2.30. The van der Waals surface area contributed by atoms with Crippen LogP contribution in [-0.2, 0) is 0 Å². The van der Waals surface area contributed by atoms with Gasteiger partial charge in [-0.2, -0.15) is 0 Å². The molecule has 0 aliphatic carbocycles. The van der Waals surface area contributed by atoms with E-state index in [-0.39, 0.29) is 10.8 Å². The SMILES string of the molecule is Cc1cc(C(N)=S)nc(Nc2cccc(F)c2)n1. The van der Waals surface area contributed by atoms with Crippen molar-refractivity contribution < 1.29 is 4.39 Å². The van der Waals surface area contributed by atoms with Crippen LogP contribution in [0, 0.1) is 12.7 Å². The number of hydrogen-bond acceptors (Lipinski definition) is 4. The highest BCUT2D eigenvalue weighted by molar-refractivity contribution is 7.80. The molecule has 1 heterocycles. The average molecular weight is 262 g/mol.